The van der Waals surface area contributed by atoms with Gasteiger partial charge in [-0.15, -0.1) is 0 Å². The molecule has 2 unspecified atom stereocenters. The van der Waals surface area contributed by atoms with Crippen LogP contribution in [0.3, 0.4) is 0 Å². The summed E-state index contributed by atoms with van der Waals surface area (Å²) in [5.41, 5.74) is 7.58. The van der Waals surface area contributed by atoms with Crippen LogP contribution >= 0.6 is 15.9 Å². The lowest BCUT2D eigenvalue weighted by atomic mass is 10.1. The summed E-state index contributed by atoms with van der Waals surface area (Å²) in [6.45, 7) is 5.46. The van der Waals surface area contributed by atoms with Gasteiger partial charge in [-0.3, -0.25) is 0 Å². The second-order valence-electron chi connectivity index (χ2n) is 4.96. The van der Waals surface area contributed by atoms with Crippen LogP contribution in [-0.4, -0.2) is 23.6 Å². The standard InChI is InChI=1S/C13H18BrN3O/c1-8-6-9(2)17(7-8)11-5-3-4-10(14)12(11)13(15)16-18/h3-5,8-9,18H,6-7H2,1-2H3,(H2,15,16). The summed E-state index contributed by atoms with van der Waals surface area (Å²) >= 11 is 3.47. The molecule has 1 aliphatic rings. The lowest BCUT2D eigenvalue weighted by Gasteiger charge is -2.26. The molecule has 1 aromatic carbocycles. The summed E-state index contributed by atoms with van der Waals surface area (Å²) in [6.07, 6.45) is 1.17. The van der Waals surface area contributed by atoms with Gasteiger partial charge in [0.05, 0.1) is 5.56 Å². The second-order valence-corrected chi connectivity index (χ2v) is 5.82. The van der Waals surface area contributed by atoms with Crippen LogP contribution in [0.15, 0.2) is 27.8 Å². The maximum Gasteiger partial charge on any atom is 0.173 e. The average Bonchev–Trinajstić information content (AvgIpc) is 2.67. The minimum absolute atomic E-state index is 0.143. The minimum atomic E-state index is 0.143. The van der Waals surface area contributed by atoms with E-state index in [1.807, 2.05) is 18.2 Å². The highest BCUT2D eigenvalue weighted by Gasteiger charge is 2.28. The van der Waals surface area contributed by atoms with E-state index in [1.165, 1.54) is 6.42 Å². The molecule has 0 aliphatic carbocycles. The van der Waals surface area contributed by atoms with E-state index in [9.17, 15) is 0 Å². The monoisotopic (exact) mass is 311 g/mol. The quantitative estimate of drug-likeness (QED) is 0.382. The van der Waals surface area contributed by atoms with E-state index in [2.05, 4.69) is 39.8 Å². The molecule has 0 spiro atoms. The molecule has 98 valence electrons. The smallest absolute Gasteiger partial charge is 0.173 e. The highest BCUT2D eigenvalue weighted by molar-refractivity contribution is 9.10. The summed E-state index contributed by atoms with van der Waals surface area (Å²) in [4.78, 5) is 2.32. The van der Waals surface area contributed by atoms with Crippen molar-refractivity contribution in [2.24, 2.45) is 16.8 Å². The SMILES string of the molecule is CC1CC(C)N(c2cccc(Br)c2/C(N)=N/O)C1. The summed E-state index contributed by atoms with van der Waals surface area (Å²) in [6, 6.07) is 6.37. The highest BCUT2D eigenvalue weighted by atomic mass is 79.9. The Hall–Kier alpha value is -1.23. The fourth-order valence-electron chi connectivity index (χ4n) is 2.69. The summed E-state index contributed by atoms with van der Waals surface area (Å²) in [5.74, 6) is 0.809. The van der Waals surface area contributed by atoms with E-state index < -0.39 is 0 Å². The van der Waals surface area contributed by atoms with Gasteiger partial charge in [-0.2, -0.15) is 0 Å². The molecule has 2 rings (SSSR count). The number of oxime groups is 1. The zero-order valence-corrected chi connectivity index (χ0v) is 12.2. The van der Waals surface area contributed by atoms with Crippen molar-refractivity contribution in [3.8, 4) is 0 Å². The van der Waals surface area contributed by atoms with Crippen molar-refractivity contribution in [2.45, 2.75) is 26.3 Å². The van der Waals surface area contributed by atoms with Crippen LogP contribution in [0.5, 0.6) is 0 Å². The molecule has 1 fully saturated rings. The van der Waals surface area contributed by atoms with Crippen LogP contribution in [0, 0.1) is 5.92 Å². The largest absolute Gasteiger partial charge is 0.409 e. The van der Waals surface area contributed by atoms with Crippen molar-refractivity contribution in [2.75, 3.05) is 11.4 Å². The predicted molar refractivity (Wildman–Crippen MR) is 77.2 cm³/mol. The molecule has 0 amide bonds. The van der Waals surface area contributed by atoms with E-state index >= 15 is 0 Å². The van der Waals surface area contributed by atoms with Gasteiger partial charge in [-0.05, 0) is 47.3 Å². The van der Waals surface area contributed by atoms with E-state index in [-0.39, 0.29) is 5.84 Å². The molecule has 0 aromatic heterocycles. The Balaban J connectivity index is 2.48. The van der Waals surface area contributed by atoms with Crippen molar-refractivity contribution >= 4 is 27.5 Å². The summed E-state index contributed by atoms with van der Waals surface area (Å²) in [5, 5.41) is 12.1. The number of hydrogen-bond acceptors (Lipinski definition) is 3. The van der Waals surface area contributed by atoms with E-state index in [0.29, 0.717) is 12.0 Å². The number of anilines is 1. The first-order valence-corrected chi connectivity index (χ1v) is 6.87. The molecule has 0 bridgehead atoms. The normalized spacial score (nSPS) is 24.6. The molecule has 2 atom stereocenters. The summed E-state index contributed by atoms with van der Waals surface area (Å²) < 4.78 is 0.849. The van der Waals surface area contributed by atoms with Gasteiger partial charge in [0, 0.05) is 22.7 Å². The fraction of sp³-hybridized carbons (Fsp3) is 0.462. The fourth-order valence-corrected chi connectivity index (χ4v) is 3.25. The third kappa shape index (κ3) is 2.32. The van der Waals surface area contributed by atoms with Gasteiger partial charge in [0.25, 0.3) is 0 Å². The molecule has 4 nitrogen and oxygen atoms in total. The van der Waals surface area contributed by atoms with Gasteiger partial charge >= 0.3 is 0 Å². The molecule has 5 heteroatoms. The lowest BCUT2D eigenvalue weighted by Crippen LogP contribution is -2.30. The Bertz CT molecular complexity index is 475. The van der Waals surface area contributed by atoms with Crippen LogP contribution in [0.2, 0.25) is 0 Å². The van der Waals surface area contributed by atoms with E-state index in [4.69, 9.17) is 10.9 Å². The van der Waals surface area contributed by atoms with Gasteiger partial charge < -0.3 is 15.8 Å². The zero-order chi connectivity index (χ0) is 13.3. The topological polar surface area (TPSA) is 61.8 Å². The van der Waals surface area contributed by atoms with Gasteiger partial charge in [0.2, 0.25) is 0 Å². The van der Waals surface area contributed by atoms with Gasteiger partial charge in [0.1, 0.15) is 0 Å². The van der Waals surface area contributed by atoms with Crippen molar-refractivity contribution < 1.29 is 5.21 Å². The molecule has 1 heterocycles. The third-order valence-corrected chi connectivity index (χ3v) is 4.11. The first kappa shape index (κ1) is 13.2. The first-order valence-electron chi connectivity index (χ1n) is 6.07. The molecule has 0 saturated carbocycles. The van der Waals surface area contributed by atoms with Crippen molar-refractivity contribution in [3.05, 3.63) is 28.2 Å². The second kappa shape index (κ2) is 5.18. The summed E-state index contributed by atoms with van der Waals surface area (Å²) in [7, 11) is 0. The molecular formula is C13H18BrN3O. The Morgan fingerprint density at radius 2 is 2.22 bits per heavy atom. The van der Waals surface area contributed by atoms with Crippen molar-refractivity contribution in [1.82, 2.24) is 0 Å². The number of rotatable bonds is 2. The zero-order valence-electron chi connectivity index (χ0n) is 10.6. The van der Waals surface area contributed by atoms with Gasteiger partial charge in [-0.25, -0.2) is 0 Å². The van der Waals surface area contributed by atoms with E-state index in [1.54, 1.807) is 0 Å². The van der Waals surface area contributed by atoms with Gasteiger partial charge in [-0.1, -0.05) is 18.1 Å². The number of hydrogen-bond donors (Lipinski definition) is 2. The number of halogens is 1. The molecule has 1 saturated heterocycles. The van der Waals surface area contributed by atoms with Crippen molar-refractivity contribution in [1.29, 1.82) is 0 Å². The van der Waals surface area contributed by atoms with E-state index in [0.717, 1.165) is 22.3 Å². The molecule has 1 aromatic rings. The number of nitrogens with zero attached hydrogens (tertiary/aromatic N) is 2. The minimum Gasteiger partial charge on any atom is -0.409 e. The molecule has 0 radical (unpaired) electrons. The Labute approximate surface area is 116 Å². The Kier molecular flexibility index (Phi) is 3.80. The lowest BCUT2D eigenvalue weighted by molar-refractivity contribution is 0.318. The van der Waals surface area contributed by atoms with Crippen LogP contribution in [0.1, 0.15) is 25.8 Å². The predicted octanol–water partition coefficient (Wildman–Crippen LogP) is 2.78. The van der Waals surface area contributed by atoms with Crippen LogP contribution in [0.25, 0.3) is 0 Å². The van der Waals surface area contributed by atoms with Crippen molar-refractivity contribution in [3.63, 3.8) is 0 Å². The first-order chi connectivity index (χ1) is 8.54. The van der Waals surface area contributed by atoms with Gasteiger partial charge in [0.15, 0.2) is 5.84 Å². The maximum absolute atomic E-state index is 8.92. The average molecular weight is 312 g/mol. The number of amidine groups is 1. The molecule has 3 N–H and O–H groups in total. The Morgan fingerprint density at radius 3 is 2.78 bits per heavy atom. The van der Waals surface area contributed by atoms with Crippen LogP contribution in [-0.2, 0) is 0 Å². The number of benzene rings is 1. The molecule has 18 heavy (non-hydrogen) atoms. The molecular weight excluding hydrogens is 294 g/mol. The molecule has 1 aliphatic heterocycles. The van der Waals surface area contributed by atoms with Crippen LogP contribution in [0.4, 0.5) is 5.69 Å². The Morgan fingerprint density at radius 1 is 1.50 bits per heavy atom. The number of nitrogens with two attached hydrogens (primary N) is 1. The highest BCUT2D eigenvalue weighted by Crippen LogP contribution is 2.34. The van der Waals surface area contributed by atoms with Crippen LogP contribution < -0.4 is 10.6 Å². The maximum atomic E-state index is 8.92. The third-order valence-electron chi connectivity index (χ3n) is 3.45.